The Labute approximate surface area is 133 Å². The van der Waals surface area contributed by atoms with E-state index >= 15 is 0 Å². The minimum atomic E-state index is 0.605. The molecule has 1 heterocycles. The van der Waals surface area contributed by atoms with Crippen LogP contribution in [-0.4, -0.2) is 21.4 Å². The highest BCUT2D eigenvalue weighted by Crippen LogP contribution is 2.13. The number of hydrogen-bond acceptors (Lipinski definition) is 2. The van der Waals surface area contributed by atoms with E-state index in [9.17, 15) is 0 Å². The quantitative estimate of drug-likeness (QED) is 0.767. The first-order chi connectivity index (χ1) is 9.13. The van der Waals surface area contributed by atoms with Crippen LogP contribution in [0.15, 0.2) is 45.6 Å². The number of nitrogens with one attached hydrogen (secondary N) is 2. The Bertz CT molecular complexity index is 553. The van der Waals surface area contributed by atoms with E-state index in [1.807, 2.05) is 35.1 Å². The maximum Gasteiger partial charge on any atom is 0.170 e. The number of nitrogens with zero attached hydrogens (tertiary/aromatic N) is 2. The molecule has 0 aliphatic heterocycles. The summed E-state index contributed by atoms with van der Waals surface area (Å²) in [5, 5.41) is 11.0. The first kappa shape index (κ1) is 14.5. The third kappa shape index (κ3) is 4.93. The van der Waals surface area contributed by atoms with E-state index in [2.05, 4.69) is 47.6 Å². The highest BCUT2D eigenvalue weighted by Gasteiger charge is 1.98. The molecule has 4 nitrogen and oxygen atoms in total. The molecule has 1 aromatic carbocycles. The van der Waals surface area contributed by atoms with Crippen molar-refractivity contribution in [3.8, 4) is 0 Å². The van der Waals surface area contributed by atoms with Gasteiger partial charge >= 0.3 is 0 Å². The van der Waals surface area contributed by atoms with Gasteiger partial charge in [0, 0.05) is 22.9 Å². The van der Waals surface area contributed by atoms with Crippen LogP contribution in [0.1, 0.15) is 0 Å². The zero-order valence-electron chi connectivity index (χ0n) is 9.94. The molecule has 0 aliphatic rings. The predicted octanol–water partition coefficient (Wildman–Crippen LogP) is 3.39. The molecule has 0 aliphatic carbocycles. The van der Waals surface area contributed by atoms with E-state index in [1.54, 1.807) is 6.20 Å². The number of thiocarbonyl (C=S) groups is 1. The molecule has 2 N–H and O–H groups in total. The fourth-order valence-electron chi connectivity index (χ4n) is 1.45. The van der Waals surface area contributed by atoms with E-state index in [0.717, 1.165) is 27.7 Å². The summed E-state index contributed by atoms with van der Waals surface area (Å²) in [6.07, 6.45) is 3.69. The van der Waals surface area contributed by atoms with Crippen LogP contribution in [0.25, 0.3) is 0 Å². The van der Waals surface area contributed by atoms with Crippen molar-refractivity contribution < 1.29 is 0 Å². The van der Waals surface area contributed by atoms with Gasteiger partial charge in [0.05, 0.1) is 17.2 Å². The van der Waals surface area contributed by atoms with Crippen LogP contribution in [0, 0.1) is 0 Å². The molecule has 2 aromatic rings. The molecule has 0 bridgehead atoms. The lowest BCUT2D eigenvalue weighted by atomic mass is 10.3. The minimum Gasteiger partial charge on any atom is -0.361 e. The Hall–Kier alpha value is -0.920. The van der Waals surface area contributed by atoms with E-state index in [1.165, 1.54) is 0 Å². The maximum absolute atomic E-state index is 5.22. The molecule has 0 unspecified atom stereocenters. The van der Waals surface area contributed by atoms with Gasteiger partial charge in [0.1, 0.15) is 0 Å². The van der Waals surface area contributed by atoms with Crippen LogP contribution < -0.4 is 10.6 Å². The van der Waals surface area contributed by atoms with Crippen molar-refractivity contribution in [1.82, 2.24) is 15.1 Å². The van der Waals surface area contributed by atoms with Gasteiger partial charge in [0.2, 0.25) is 0 Å². The fraction of sp³-hybridized carbons (Fsp3) is 0.167. The van der Waals surface area contributed by atoms with Gasteiger partial charge in [-0.25, -0.2) is 0 Å². The molecular formula is C12H12Br2N4S. The Morgan fingerprint density at radius 2 is 1.95 bits per heavy atom. The summed E-state index contributed by atoms with van der Waals surface area (Å²) in [4.78, 5) is 0. The van der Waals surface area contributed by atoms with Crippen molar-refractivity contribution in [2.75, 3.05) is 11.9 Å². The zero-order chi connectivity index (χ0) is 13.7. The number of benzene rings is 1. The van der Waals surface area contributed by atoms with Gasteiger partial charge in [0.15, 0.2) is 5.11 Å². The second-order valence-corrected chi connectivity index (χ2v) is 6.05. The SMILES string of the molecule is S=C(NCCn1cc(Br)cn1)Nc1ccc(Br)cc1. The second-order valence-electron chi connectivity index (χ2n) is 3.81. The molecule has 19 heavy (non-hydrogen) atoms. The molecule has 0 saturated heterocycles. The smallest absolute Gasteiger partial charge is 0.170 e. The van der Waals surface area contributed by atoms with Gasteiger partial charge in [-0.3, -0.25) is 4.68 Å². The Morgan fingerprint density at radius 1 is 1.21 bits per heavy atom. The average Bonchev–Trinajstić information content (AvgIpc) is 2.78. The lowest BCUT2D eigenvalue weighted by molar-refractivity contribution is 0.604. The molecular weight excluding hydrogens is 392 g/mol. The van der Waals surface area contributed by atoms with Gasteiger partial charge in [0.25, 0.3) is 0 Å². The third-order valence-electron chi connectivity index (χ3n) is 2.33. The van der Waals surface area contributed by atoms with Crippen LogP contribution >= 0.6 is 44.1 Å². The van der Waals surface area contributed by atoms with Crippen molar-refractivity contribution >= 4 is 54.9 Å². The fourth-order valence-corrected chi connectivity index (χ4v) is 2.27. The number of anilines is 1. The Balaban J connectivity index is 1.74. The van der Waals surface area contributed by atoms with Crippen LogP contribution in [0.2, 0.25) is 0 Å². The molecule has 0 fully saturated rings. The largest absolute Gasteiger partial charge is 0.361 e. The molecule has 1 aromatic heterocycles. The summed E-state index contributed by atoms with van der Waals surface area (Å²) in [6.45, 7) is 1.48. The van der Waals surface area contributed by atoms with Crippen molar-refractivity contribution in [2.45, 2.75) is 6.54 Å². The van der Waals surface area contributed by atoms with Crippen molar-refractivity contribution in [3.05, 3.63) is 45.6 Å². The zero-order valence-corrected chi connectivity index (χ0v) is 13.9. The topological polar surface area (TPSA) is 41.9 Å². The van der Waals surface area contributed by atoms with Crippen LogP contribution in [0.5, 0.6) is 0 Å². The maximum atomic E-state index is 5.22. The van der Waals surface area contributed by atoms with Crippen LogP contribution in [0.3, 0.4) is 0 Å². The molecule has 2 rings (SSSR count). The lowest BCUT2D eigenvalue weighted by Crippen LogP contribution is -2.31. The molecule has 0 amide bonds. The van der Waals surface area contributed by atoms with Crippen molar-refractivity contribution in [3.63, 3.8) is 0 Å². The van der Waals surface area contributed by atoms with Gasteiger partial charge in [-0.2, -0.15) is 5.10 Å². The van der Waals surface area contributed by atoms with Crippen LogP contribution in [0.4, 0.5) is 5.69 Å². The first-order valence-electron chi connectivity index (χ1n) is 5.62. The molecule has 100 valence electrons. The summed E-state index contributed by atoms with van der Waals surface area (Å²) >= 11 is 12.0. The van der Waals surface area contributed by atoms with Gasteiger partial charge in [-0.15, -0.1) is 0 Å². The van der Waals surface area contributed by atoms with E-state index in [4.69, 9.17) is 12.2 Å². The normalized spacial score (nSPS) is 10.2. The summed E-state index contributed by atoms with van der Waals surface area (Å²) < 4.78 is 3.86. The standard InChI is InChI=1S/C12H12Br2N4S/c13-9-1-3-11(4-2-9)17-12(19)15-5-6-18-8-10(14)7-16-18/h1-4,7-8H,5-6H2,(H2,15,17,19). The van der Waals surface area contributed by atoms with Crippen molar-refractivity contribution in [1.29, 1.82) is 0 Å². The van der Waals surface area contributed by atoms with Crippen LogP contribution in [-0.2, 0) is 6.54 Å². The minimum absolute atomic E-state index is 0.605. The predicted molar refractivity (Wildman–Crippen MR) is 88.3 cm³/mol. The highest BCUT2D eigenvalue weighted by atomic mass is 79.9. The summed E-state index contributed by atoms with van der Waals surface area (Å²) in [7, 11) is 0. The van der Waals surface area contributed by atoms with E-state index in [-0.39, 0.29) is 0 Å². The van der Waals surface area contributed by atoms with Gasteiger partial charge in [-0.05, 0) is 52.4 Å². The number of rotatable bonds is 4. The lowest BCUT2D eigenvalue weighted by Gasteiger charge is -2.10. The average molecular weight is 404 g/mol. The Morgan fingerprint density at radius 3 is 2.58 bits per heavy atom. The molecule has 0 saturated carbocycles. The number of hydrogen-bond donors (Lipinski definition) is 2. The molecule has 0 radical (unpaired) electrons. The molecule has 7 heteroatoms. The van der Waals surface area contributed by atoms with E-state index < -0.39 is 0 Å². The van der Waals surface area contributed by atoms with Gasteiger partial charge < -0.3 is 10.6 Å². The number of aromatic nitrogens is 2. The Kier molecular flexibility index (Phi) is 5.35. The third-order valence-corrected chi connectivity index (χ3v) is 3.51. The van der Waals surface area contributed by atoms with E-state index in [0.29, 0.717) is 5.11 Å². The second kappa shape index (κ2) is 7.02. The van der Waals surface area contributed by atoms with Gasteiger partial charge in [-0.1, -0.05) is 15.9 Å². The monoisotopic (exact) mass is 402 g/mol. The summed E-state index contributed by atoms with van der Waals surface area (Å²) in [6, 6.07) is 7.85. The molecule has 0 atom stereocenters. The van der Waals surface area contributed by atoms with Crippen molar-refractivity contribution in [2.24, 2.45) is 0 Å². The molecule has 0 spiro atoms. The first-order valence-corrected chi connectivity index (χ1v) is 7.61. The highest BCUT2D eigenvalue weighted by molar-refractivity contribution is 9.10. The summed E-state index contributed by atoms with van der Waals surface area (Å²) in [5.74, 6) is 0. The number of halogens is 2. The summed E-state index contributed by atoms with van der Waals surface area (Å²) in [5.41, 5.74) is 0.961.